The summed E-state index contributed by atoms with van der Waals surface area (Å²) < 4.78 is 5.68. The molecule has 1 rings (SSSR count). The van der Waals surface area contributed by atoms with Crippen LogP contribution < -0.4 is 0 Å². The molecular formula is C11H12BrClO2. The number of carbonyl (C=O) groups excluding carboxylic acids is 1. The van der Waals surface area contributed by atoms with E-state index in [0.29, 0.717) is 6.61 Å². The van der Waals surface area contributed by atoms with Crippen molar-refractivity contribution < 1.29 is 9.53 Å². The number of ether oxygens (including phenoxy) is 1. The molecule has 1 aromatic rings. The second-order valence-corrected chi connectivity index (χ2v) is 4.43. The van der Waals surface area contributed by atoms with Crippen molar-refractivity contribution in [3.8, 4) is 0 Å². The first-order chi connectivity index (χ1) is 7.06. The van der Waals surface area contributed by atoms with Gasteiger partial charge in [0.05, 0.1) is 6.61 Å². The summed E-state index contributed by atoms with van der Waals surface area (Å²) in [6.07, 6.45) is 0. The van der Waals surface area contributed by atoms with Crippen molar-refractivity contribution in [3.05, 3.63) is 33.8 Å². The minimum atomic E-state index is -0.750. The van der Waals surface area contributed by atoms with E-state index in [1.165, 1.54) is 0 Å². The molecule has 0 aromatic heterocycles. The molecule has 15 heavy (non-hydrogen) atoms. The first-order valence-electron chi connectivity index (χ1n) is 4.63. The highest BCUT2D eigenvalue weighted by Gasteiger charge is 2.20. The Labute approximate surface area is 103 Å². The molecule has 0 heterocycles. The van der Waals surface area contributed by atoms with E-state index in [9.17, 15) is 4.79 Å². The Morgan fingerprint density at radius 2 is 2.27 bits per heavy atom. The molecule has 2 nitrogen and oxygen atoms in total. The van der Waals surface area contributed by atoms with Crippen molar-refractivity contribution >= 4 is 33.5 Å². The van der Waals surface area contributed by atoms with Gasteiger partial charge in [0.2, 0.25) is 0 Å². The monoisotopic (exact) mass is 290 g/mol. The predicted octanol–water partition coefficient (Wildman–Crippen LogP) is 3.60. The largest absolute Gasteiger partial charge is 0.465 e. The van der Waals surface area contributed by atoms with Gasteiger partial charge < -0.3 is 4.74 Å². The van der Waals surface area contributed by atoms with Gasteiger partial charge in [0.25, 0.3) is 0 Å². The molecule has 0 aliphatic carbocycles. The number of halogens is 2. The Morgan fingerprint density at radius 1 is 1.60 bits per heavy atom. The highest BCUT2D eigenvalue weighted by molar-refractivity contribution is 9.10. The van der Waals surface area contributed by atoms with Crippen molar-refractivity contribution in [3.63, 3.8) is 0 Å². The van der Waals surface area contributed by atoms with Gasteiger partial charge in [-0.15, -0.1) is 11.6 Å². The Balaban J connectivity index is 2.91. The number of hydrogen-bond donors (Lipinski definition) is 0. The van der Waals surface area contributed by atoms with Crippen LogP contribution in [0.1, 0.15) is 23.4 Å². The summed E-state index contributed by atoms with van der Waals surface area (Å²) >= 11 is 9.36. The fourth-order valence-corrected chi connectivity index (χ4v) is 2.29. The molecule has 0 aliphatic heterocycles. The maximum atomic E-state index is 11.4. The molecule has 0 aliphatic rings. The van der Waals surface area contributed by atoms with Gasteiger partial charge in [0.1, 0.15) is 0 Å². The van der Waals surface area contributed by atoms with E-state index in [2.05, 4.69) is 15.9 Å². The number of hydrogen-bond acceptors (Lipinski definition) is 2. The standard InChI is InChI=1S/C11H12BrClO2/c1-3-15-11(14)10(13)8-5-4-7(2)6-9(8)12/h4-6,10H,3H2,1-2H3. The predicted molar refractivity (Wildman–Crippen MR) is 64.1 cm³/mol. The maximum Gasteiger partial charge on any atom is 0.328 e. The highest BCUT2D eigenvalue weighted by atomic mass is 79.9. The average molecular weight is 292 g/mol. The van der Waals surface area contributed by atoms with Gasteiger partial charge in [-0.3, -0.25) is 4.79 Å². The smallest absolute Gasteiger partial charge is 0.328 e. The van der Waals surface area contributed by atoms with E-state index in [4.69, 9.17) is 16.3 Å². The van der Waals surface area contributed by atoms with E-state index < -0.39 is 11.3 Å². The molecule has 1 unspecified atom stereocenters. The summed E-state index contributed by atoms with van der Waals surface area (Å²) in [5.41, 5.74) is 1.85. The Morgan fingerprint density at radius 3 is 2.80 bits per heavy atom. The maximum absolute atomic E-state index is 11.4. The fourth-order valence-electron chi connectivity index (χ4n) is 1.18. The van der Waals surface area contributed by atoms with Crippen LogP contribution in [-0.2, 0) is 9.53 Å². The van der Waals surface area contributed by atoms with Gasteiger partial charge in [0, 0.05) is 4.47 Å². The van der Waals surface area contributed by atoms with Gasteiger partial charge in [-0.1, -0.05) is 28.1 Å². The summed E-state index contributed by atoms with van der Waals surface area (Å²) in [7, 11) is 0. The topological polar surface area (TPSA) is 26.3 Å². The normalized spacial score (nSPS) is 12.3. The molecule has 0 fully saturated rings. The van der Waals surface area contributed by atoms with Crippen LogP contribution in [0.2, 0.25) is 0 Å². The van der Waals surface area contributed by atoms with E-state index in [1.54, 1.807) is 6.92 Å². The Hall–Kier alpha value is -0.540. The van der Waals surface area contributed by atoms with E-state index >= 15 is 0 Å². The number of alkyl halides is 1. The van der Waals surface area contributed by atoms with Crippen LogP contribution in [0.5, 0.6) is 0 Å². The lowest BCUT2D eigenvalue weighted by molar-refractivity contribution is -0.142. The van der Waals surface area contributed by atoms with Crippen LogP contribution in [0.3, 0.4) is 0 Å². The zero-order chi connectivity index (χ0) is 11.4. The third kappa shape index (κ3) is 3.21. The molecule has 1 aromatic carbocycles. The molecular weight excluding hydrogens is 279 g/mol. The molecule has 4 heteroatoms. The average Bonchev–Trinajstić information content (AvgIpc) is 2.17. The molecule has 0 N–H and O–H groups in total. The van der Waals surface area contributed by atoms with Gasteiger partial charge in [-0.05, 0) is 31.0 Å². The summed E-state index contributed by atoms with van der Waals surface area (Å²) in [6, 6.07) is 5.66. The molecule has 0 spiro atoms. The molecule has 82 valence electrons. The van der Waals surface area contributed by atoms with Crippen molar-refractivity contribution in [2.75, 3.05) is 6.61 Å². The number of aryl methyl sites for hydroxylation is 1. The van der Waals surface area contributed by atoms with Crippen molar-refractivity contribution in [2.24, 2.45) is 0 Å². The molecule has 0 radical (unpaired) electrons. The molecule has 0 saturated carbocycles. The van der Waals surface area contributed by atoms with Gasteiger partial charge >= 0.3 is 5.97 Å². The molecule has 0 amide bonds. The van der Waals surface area contributed by atoms with Crippen molar-refractivity contribution in [1.29, 1.82) is 0 Å². The van der Waals surface area contributed by atoms with E-state index in [0.717, 1.165) is 15.6 Å². The van der Waals surface area contributed by atoms with E-state index in [1.807, 2.05) is 25.1 Å². The zero-order valence-electron chi connectivity index (χ0n) is 8.59. The summed E-state index contributed by atoms with van der Waals surface area (Å²) in [5, 5.41) is -0.750. The highest BCUT2D eigenvalue weighted by Crippen LogP contribution is 2.29. The molecule has 1 atom stereocenters. The number of carbonyl (C=O) groups is 1. The van der Waals surface area contributed by atoms with Crippen LogP contribution in [0.4, 0.5) is 0 Å². The zero-order valence-corrected chi connectivity index (χ0v) is 10.9. The minimum Gasteiger partial charge on any atom is -0.465 e. The SMILES string of the molecule is CCOC(=O)C(Cl)c1ccc(C)cc1Br. The van der Waals surface area contributed by atoms with Gasteiger partial charge in [-0.25, -0.2) is 0 Å². The summed E-state index contributed by atoms with van der Waals surface area (Å²) in [5.74, 6) is -0.413. The van der Waals surface area contributed by atoms with Crippen LogP contribution >= 0.6 is 27.5 Å². The minimum absolute atomic E-state index is 0.339. The van der Waals surface area contributed by atoms with E-state index in [-0.39, 0.29) is 0 Å². The second-order valence-electron chi connectivity index (χ2n) is 3.14. The van der Waals surface area contributed by atoms with Crippen LogP contribution in [0.25, 0.3) is 0 Å². The number of esters is 1. The lowest BCUT2D eigenvalue weighted by Gasteiger charge is -2.11. The quantitative estimate of drug-likeness (QED) is 0.628. The van der Waals surface area contributed by atoms with Gasteiger partial charge in [0.15, 0.2) is 5.38 Å². The summed E-state index contributed by atoms with van der Waals surface area (Å²) in [6.45, 7) is 4.07. The van der Waals surface area contributed by atoms with Crippen molar-refractivity contribution in [1.82, 2.24) is 0 Å². The fraction of sp³-hybridized carbons (Fsp3) is 0.364. The van der Waals surface area contributed by atoms with Crippen LogP contribution in [0, 0.1) is 6.92 Å². The van der Waals surface area contributed by atoms with Crippen LogP contribution in [-0.4, -0.2) is 12.6 Å². The lowest BCUT2D eigenvalue weighted by atomic mass is 10.1. The third-order valence-electron chi connectivity index (χ3n) is 1.92. The first-order valence-corrected chi connectivity index (χ1v) is 5.86. The first kappa shape index (κ1) is 12.5. The van der Waals surface area contributed by atoms with Crippen molar-refractivity contribution in [2.45, 2.75) is 19.2 Å². The molecule has 0 saturated heterocycles. The van der Waals surface area contributed by atoms with Gasteiger partial charge in [-0.2, -0.15) is 0 Å². The third-order valence-corrected chi connectivity index (χ3v) is 3.02. The number of rotatable bonds is 3. The Bertz CT molecular complexity index is 366. The lowest BCUT2D eigenvalue weighted by Crippen LogP contribution is -2.11. The molecule has 0 bridgehead atoms. The number of benzene rings is 1. The van der Waals surface area contributed by atoms with Crippen LogP contribution in [0.15, 0.2) is 22.7 Å². The Kier molecular flexibility index (Phi) is 4.61. The summed E-state index contributed by atoms with van der Waals surface area (Å²) in [4.78, 5) is 11.4. The second kappa shape index (κ2) is 5.52.